The minimum atomic E-state index is 0.172. The molecule has 1 aliphatic rings. The van der Waals surface area contributed by atoms with Crippen LogP contribution in [0.4, 0.5) is 5.69 Å². The fourth-order valence-corrected chi connectivity index (χ4v) is 4.58. The van der Waals surface area contributed by atoms with E-state index < -0.39 is 0 Å². The molecule has 1 N–H and O–H groups in total. The van der Waals surface area contributed by atoms with E-state index in [0.29, 0.717) is 5.75 Å². The highest BCUT2D eigenvalue weighted by Gasteiger charge is 2.22. The largest absolute Gasteiger partial charge is 0.368 e. The number of hydrogen-bond donors (Lipinski definition) is 0. The molecule has 1 aromatic carbocycles. The van der Waals surface area contributed by atoms with Crippen molar-refractivity contribution >= 4 is 23.4 Å². The van der Waals surface area contributed by atoms with Crippen LogP contribution in [0.1, 0.15) is 11.1 Å². The Bertz CT molecular complexity index is 960. The van der Waals surface area contributed by atoms with Crippen molar-refractivity contribution in [2.45, 2.75) is 19.0 Å². The number of carbonyl (C=O) groups excluding carboxylic acids is 1. The van der Waals surface area contributed by atoms with E-state index in [4.69, 9.17) is 0 Å². The number of hydrogen-bond acceptors (Lipinski definition) is 4. The van der Waals surface area contributed by atoms with Gasteiger partial charge < -0.3 is 9.80 Å². The second-order valence-corrected chi connectivity index (χ2v) is 8.28. The predicted octanol–water partition coefficient (Wildman–Crippen LogP) is 2.74. The Balaban J connectivity index is 1.35. The van der Waals surface area contributed by atoms with Crippen LogP contribution in [-0.2, 0) is 4.79 Å². The fraction of sp³-hybridized carbons (Fsp3) is 0.318. The molecule has 0 atom stereocenters. The van der Waals surface area contributed by atoms with Gasteiger partial charge in [0, 0.05) is 62.1 Å². The van der Waals surface area contributed by atoms with Gasteiger partial charge in [0.1, 0.15) is 0 Å². The second-order valence-electron chi connectivity index (χ2n) is 7.34. The normalized spacial score (nSPS) is 14.3. The Labute approximate surface area is 175 Å². The van der Waals surface area contributed by atoms with Gasteiger partial charge >= 0.3 is 0 Å². The number of pyridine rings is 1. The number of imidazole rings is 1. The van der Waals surface area contributed by atoms with E-state index in [9.17, 15) is 4.79 Å². The first-order valence-electron chi connectivity index (χ1n) is 9.84. The first-order valence-corrected chi connectivity index (χ1v) is 10.8. The van der Waals surface area contributed by atoms with Crippen LogP contribution in [0, 0.1) is 13.8 Å². The van der Waals surface area contributed by atoms with Gasteiger partial charge in [0.25, 0.3) is 0 Å². The molecule has 3 aromatic rings. The van der Waals surface area contributed by atoms with Gasteiger partial charge in [-0.25, -0.2) is 9.97 Å². The molecular weight excluding hydrogens is 382 g/mol. The van der Waals surface area contributed by atoms with Crippen LogP contribution in [-0.4, -0.2) is 52.3 Å². The van der Waals surface area contributed by atoms with Gasteiger partial charge in [-0.1, -0.05) is 17.8 Å². The third-order valence-corrected chi connectivity index (χ3v) is 6.07. The SMILES string of the molecule is Cc1cc(C)cc(-n2ccnc2SCC(=O)N2CCN(c3cc[nH+]cc3)CC2)c1. The molecule has 0 saturated carbocycles. The van der Waals surface area contributed by atoms with Crippen LogP contribution in [0.5, 0.6) is 0 Å². The van der Waals surface area contributed by atoms with Gasteiger partial charge in [-0.15, -0.1) is 0 Å². The Morgan fingerprint density at radius 2 is 1.72 bits per heavy atom. The summed E-state index contributed by atoms with van der Waals surface area (Å²) in [6.07, 6.45) is 7.61. The summed E-state index contributed by atoms with van der Waals surface area (Å²) < 4.78 is 2.06. The zero-order chi connectivity index (χ0) is 20.2. The molecule has 3 heterocycles. The molecule has 1 amide bonds. The van der Waals surface area contributed by atoms with Crippen LogP contribution in [0.15, 0.2) is 60.3 Å². The van der Waals surface area contributed by atoms with Crippen molar-refractivity contribution in [2.75, 3.05) is 36.8 Å². The summed E-state index contributed by atoms with van der Waals surface area (Å²) in [4.78, 5) is 24.5. The highest BCUT2D eigenvalue weighted by Crippen LogP contribution is 2.23. The lowest BCUT2D eigenvalue weighted by molar-refractivity contribution is -0.377. The molecule has 0 aliphatic carbocycles. The van der Waals surface area contributed by atoms with Crippen LogP contribution < -0.4 is 9.88 Å². The van der Waals surface area contributed by atoms with Crippen LogP contribution in [0.3, 0.4) is 0 Å². The number of amides is 1. The number of aryl methyl sites for hydroxylation is 2. The van der Waals surface area contributed by atoms with Gasteiger partial charge in [-0.05, 0) is 37.1 Å². The number of H-pyrrole nitrogens is 1. The number of aromatic amines is 1. The van der Waals surface area contributed by atoms with E-state index in [1.165, 1.54) is 28.6 Å². The van der Waals surface area contributed by atoms with Crippen molar-refractivity contribution < 1.29 is 9.78 Å². The Morgan fingerprint density at radius 1 is 1.03 bits per heavy atom. The molecule has 0 spiro atoms. The van der Waals surface area contributed by atoms with Crippen molar-refractivity contribution in [3.8, 4) is 5.69 Å². The van der Waals surface area contributed by atoms with Gasteiger partial charge in [0.15, 0.2) is 17.6 Å². The molecule has 4 rings (SSSR count). The summed E-state index contributed by atoms with van der Waals surface area (Å²) in [7, 11) is 0. The van der Waals surface area contributed by atoms with E-state index in [2.05, 4.69) is 63.6 Å². The van der Waals surface area contributed by atoms with Crippen molar-refractivity contribution in [1.29, 1.82) is 0 Å². The fourth-order valence-electron chi connectivity index (χ4n) is 3.70. The number of nitrogens with zero attached hydrogens (tertiary/aromatic N) is 4. The average molecular weight is 409 g/mol. The maximum atomic E-state index is 12.7. The molecule has 2 aromatic heterocycles. The molecule has 29 heavy (non-hydrogen) atoms. The van der Waals surface area contributed by atoms with Gasteiger partial charge in [0.2, 0.25) is 5.91 Å². The predicted molar refractivity (Wildman–Crippen MR) is 116 cm³/mol. The highest BCUT2D eigenvalue weighted by molar-refractivity contribution is 7.99. The lowest BCUT2D eigenvalue weighted by atomic mass is 10.1. The molecule has 7 heteroatoms. The first-order chi connectivity index (χ1) is 14.1. The third kappa shape index (κ3) is 4.62. The molecule has 1 aliphatic heterocycles. The lowest BCUT2D eigenvalue weighted by Gasteiger charge is -2.35. The van der Waals surface area contributed by atoms with Gasteiger partial charge in [-0.3, -0.25) is 9.36 Å². The zero-order valence-corrected chi connectivity index (χ0v) is 17.7. The lowest BCUT2D eigenvalue weighted by Crippen LogP contribution is -2.49. The summed E-state index contributed by atoms with van der Waals surface area (Å²) in [5, 5.41) is 0.850. The van der Waals surface area contributed by atoms with E-state index in [1.807, 2.05) is 23.5 Å². The number of aromatic nitrogens is 3. The second kappa shape index (κ2) is 8.69. The molecule has 0 bridgehead atoms. The number of nitrogens with one attached hydrogen (secondary N) is 1. The maximum Gasteiger partial charge on any atom is 0.233 e. The summed E-state index contributed by atoms with van der Waals surface area (Å²) in [6.45, 7) is 7.41. The molecule has 1 fully saturated rings. The van der Waals surface area contributed by atoms with Crippen LogP contribution in [0.2, 0.25) is 0 Å². The first kappa shape index (κ1) is 19.5. The van der Waals surface area contributed by atoms with Crippen LogP contribution in [0.25, 0.3) is 5.69 Å². The molecule has 0 unspecified atom stereocenters. The number of carbonyl (C=O) groups is 1. The zero-order valence-electron chi connectivity index (χ0n) is 16.8. The van der Waals surface area contributed by atoms with E-state index >= 15 is 0 Å². The van der Waals surface area contributed by atoms with Crippen LogP contribution >= 0.6 is 11.8 Å². The smallest absolute Gasteiger partial charge is 0.233 e. The van der Waals surface area contributed by atoms with Crippen molar-refractivity contribution in [2.24, 2.45) is 0 Å². The molecule has 6 nitrogen and oxygen atoms in total. The van der Waals surface area contributed by atoms with Gasteiger partial charge in [0.05, 0.1) is 5.75 Å². The van der Waals surface area contributed by atoms with Gasteiger partial charge in [-0.2, -0.15) is 0 Å². The molecular formula is C22H26N5OS+. The Kier molecular flexibility index (Phi) is 5.85. The minimum Gasteiger partial charge on any atom is -0.368 e. The maximum absolute atomic E-state index is 12.7. The number of rotatable bonds is 5. The topological polar surface area (TPSA) is 55.5 Å². The number of anilines is 1. The van der Waals surface area contributed by atoms with E-state index in [-0.39, 0.29) is 5.91 Å². The minimum absolute atomic E-state index is 0.172. The number of thioether (sulfide) groups is 1. The van der Waals surface area contributed by atoms with E-state index in [0.717, 1.165) is 37.0 Å². The van der Waals surface area contributed by atoms with Crippen molar-refractivity contribution in [3.63, 3.8) is 0 Å². The quantitative estimate of drug-likeness (QED) is 0.609. The monoisotopic (exact) mass is 408 g/mol. The average Bonchev–Trinajstić information content (AvgIpc) is 3.21. The van der Waals surface area contributed by atoms with Crippen molar-refractivity contribution in [1.82, 2.24) is 14.5 Å². The molecule has 150 valence electrons. The molecule has 1 saturated heterocycles. The summed E-state index contributed by atoms with van der Waals surface area (Å²) in [6, 6.07) is 10.6. The Hall–Kier alpha value is -2.80. The number of benzene rings is 1. The summed E-state index contributed by atoms with van der Waals surface area (Å²) in [5.41, 5.74) is 4.72. The highest BCUT2D eigenvalue weighted by atomic mass is 32.2. The summed E-state index contributed by atoms with van der Waals surface area (Å²) in [5.74, 6) is 0.577. The summed E-state index contributed by atoms with van der Waals surface area (Å²) >= 11 is 1.50. The van der Waals surface area contributed by atoms with E-state index in [1.54, 1.807) is 6.20 Å². The van der Waals surface area contributed by atoms with Crippen molar-refractivity contribution in [3.05, 3.63) is 66.2 Å². The third-order valence-electron chi connectivity index (χ3n) is 5.11. The number of piperazine rings is 1. The Morgan fingerprint density at radius 3 is 2.41 bits per heavy atom. The molecule has 0 radical (unpaired) electrons. The standard InChI is InChI=1S/C22H25N5OS/c1-17-13-18(2)15-20(14-17)27-8-7-24-22(27)29-16-21(28)26-11-9-25(10-12-26)19-3-5-23-6-4-19/h3-8,13-15H,9-12,16H2,1-2H3/p+1.